The standard InChI is InChI=1S/C23H22O3/c24-22-15-11-20(12-16-22)8-6-18-3-1-17(2-4-18)5-7-19-9-13-21(14-10-19)23(25)26/h1-4,9-16,24H,5-8H2,(H,25,26). The van der Waals surface area contributed by atoms with Gasteiger partial charge in [-0.15, -0.1) is 0 Å². The number of aromatic hydroxyl groups is 1. The van der Waals surface area contributed by atoms with Crippen molar-refractivity contribution in [1.82, 2.24) is 0 Å². The molecule has 3 rings (SSSR count). The highest BCUT2D eigenvalue weighted by Crippen LogP contribution is 2.14. The highest BCUT2D eigenvalue weighted by molar-refractivity contribution is 5.87. The van der Waals surface area contributed by atoms with Crippen molar-refractivity contribution in [3.05, 3.63) is 101 Å². The average Bonchev–Trinajstić information content (AvgIpc) is 2.67. The number of hydrogen-bond donors (Lipinski definition) is 2. The van der Waals surface area contributed by atoms with Crippen molar-refractivity contribution in [2.75, 3.05) is 0 Å². The lowest BCUT2D eigenvalue weighted by molar-refractivity contribution is 0.0697. The molecule has 3 heteroatoms. The first-order chi connectivity index (χ1) is 12.6. The highest BCUT2D eigenvalue weighted by atomic mass is 16.4. The zero-order chi connectivity index (χ0) is 18.4. The molecule has 0 heterocycles. The van der Waals surface area contributed by atoms with Crippen molar-refractivity contribution in [1.29, 1.82) is 0 Å². The summed E-state index contributed by atoms with van der Waals surface area (Å²) in [6.45, 7) is 0. The molecule has 0 saturated heterocycles. The van der Waals surface area contributed by atoms with Crippen molar-refractivity contribution < 1.29 is 15.0 Å². The molecular formula is C23H22O3. The number of aromatic carboxylic acids is 1. The lowest BCUT2D eigenvalue weighted by Gasteiger charge is -2.06. The fraction of sp³-hybridized carbons (Fsp3) is 0.174. The number of carbonyl (C=O) groups is 1. The highest BCUT2D eigenvalue weighted by Gasteiger charge is 2.03. The van der Waals surface area contributed by atoms with E-state index in [0.29, 0.717) is 11.3 Å². The smallest absolute Gasteiger partial charge is 0.335 e. The molecule has 0 aliphatic carbocycles. The zero-order valence-corrected chi connectivity index (χ0v) is 14.6. The number of phenolic OH excluding ortho intramolecular Hbond substituents is 1. The van der Waals surface area contributed by atoms with E-state index in [1.165, 1.54) is 16.7 Å². The van der Waals surface area contributed by atoms with Gasteiger partial charge in [0.25, 0.3) is 0 Å². The molecule has 0 radical (unpaired) electrons. The number of aryl methyl sites for hydroxylation is 4. The van der Waals surface area contributed by atoms with E-state index in [2.05, 4.69) is 24.3 Å². The molecule has 0 aliphatic rings. The van der Waals surface area contributed by atoms with Crippen LogP contribution >= 0.6 is 0 Å². The van der Waals surface area contributed by atoms with Crippen LogP contribution in [0.25, 0.3) is 0 Å². The van der Waals surface area contributed by atoms with E-state index in [9.17, 15) is 9.90 Å². The van der Waals surface area contributed by atoms with Crippen LogP contribution in [0.15, 0.2) is 72.8 Å². The van der Waals surface area contributed by atoms with Crippen molar-refractivity contribution in [2.24, 2.45) is 0 Å². The predicted octanol–water partition coefficient (Wildman–Crippen LogP) is 4.66. The Labute approximate surface area is 153 Å². The van der Waals surface area contributed by atoms with Crippen LogP contribution < -0.4 is 0 Å². The molecule has 0 aromatic heterocycles. The summed E-state index contributed by atoms with van der Waals surface area (Å²) in [5, 5.41) is 18.2. The van der Waals surface area contributed by atoms with E-state index in [1.54, 1.807) is 24.3 Å². The molecule has 0 atom stereocenters. The SMILES string of the molecule is O=C(O)c1ccc(CCc2ccc(CCc3ccc(O)cc3)cc2)cc1. The maximum Gasteiger partial charge on any atom is 0.335 e. The fourth-order valence-electron chi connectivity index (χ4n) is 2.93. The van der Waals surface area contributed by atoms with E-state index in [4.69, 9.17) is 5.11 Å². The molecule has 3 nitrogen and oxygen atoms in total. The van der Waals surface area contributed by atoms with Crippen LogP contribution in [0.5, 0.6) is 5.75 Å². The minimum absolute atomic E-state index is 0.302. The average molecular weight is 346 g/mol. The third-order valence-corrected chi connectivity index (χ3v) is 4.56. The summed E-state index contributed by atoms with van der Waals surface area (Å²) < 4.78 is 0. The summed E-state index contributed by atoms with van der Waals surface area (Å²) in [4.78, 5) is 10.9. The van der Waals surface area contributed by atoms with Gasteiger partial charge in [-0.3, -0.25) is 0 Å². The Balaban J connectivity index is 1.50. The van der Waals surface area contributed by atoms with Gasteiger partial charge in [-0.2, -0.15) is 0 Å². The maximum atomic E-state index is 10.9. The van der Waals surface area contributed by atoms with Crippen molar-refractivity contribution in [3.63, 3.8) is 0 Å². The van der Waals surface area contributed by atoms with Crippen molar-refractivity contribution >= 4 is 5.97 Å². The largest absolute Gasteiger partial charge is 0.508 e. The molecule has 3 aromatic rings. The van der Waals surface area contributed by atoms with Crippen LogP contribution in [0.1, 0.15) is 32.6 Å². The second kappa shape index (κ2) is 8.34. The van der Waals surface area contributed by atoms with Gasteiger partial charge in [0.2, 0.25) is 0 Å². The Kier molecular flexibility index (Phi) is 5.69. The summed E-state index contributed by atoms with van der Waals surface area (Å²) in [7, 11) is 0. The van der Waals surface area contributed by atoms with Crippen LogP contribution in [0, 0.1) is 0 Å². The Bertz CT molecular complexity index is 847. The molecule has 0 amide bonds. The van der Waals surface area contributed by atoms with Gasteiger partial charge in [0, 0.05) is 0 Å². The molecule has 26 heavy (non-hydrogen) atoms. The first kappa shape index (κ1) is 17.7. The molecular weight excluding hydrogens is 324 g/mol. The molecule has 0 saturated carbocycles. The summed E-state index contributed by atoms with van der Waals surface area (Å²) in [6.07, 6.45) is 3.76. The second-order valence-electron chi connectivity index (χ2n) is 6.49. The first-order valence-corrected chi connectivity index (χ1v) is 8.78. The lowest BCUT2D eigenvalue weighted by Crippen LogP contribution is -1.97. The van der Waals surface area contributed by atoms with Crippen LogP contribution in [0.2, 0.25) is 0 Å². The van der Waals surface area contributed by atoms with Gasteiger partial charge in [0.15, 0.2) is 0 Å². The molecule has 0 aliphatic heterocycles. The quantitative estimate of drug-likeness (QED) is 0.654. The van der Waals surface area contributed by atoms with Gasteiger partial charge < -0.3 is 10.2 Å². The Morgan fingerprint density at radius 3 is 1.23 bits per heavy atom. The molecule has 3 aromatic carbocycles. The van der Waals surface area contributed by atoms with E-state index in [0.717, 1.165) is 31.2 Å². The number of rotatable bonds is 7. The molecule has 2 N–H and O–H groups in total. The van der Waals surface area contributed by atoms with Gasteiger partial charge >= 0.3 is 5.97 Å². The third-order valence-electron chi connectivity index (χ3n) is 4.56. The van der Waals surface area contributed by atoms with Gasteiger partial charge in [-0.25, -0.2) is 4.79 Å². The van der Waals surface area contributed by atoms with Crippen LogP contribution in [-0.4, -0.2) is 16.2 Å². The minimum Gasteiger partial charge on any atom is -0.508 e. The Hall–Kier alpha value is -3.07. The maximum absolute atomic E-state index is 10.9. The van der Waals surface area contributed by atoms with Crippen molar-refractivity contribution in [2.45, 2.75) is 25.7 Å². The Morgan fingerprint density at radius 2 is 0.885 bits per heavy atom. The molecule has 0 spiro atoms. The number of carboxylic acids is 1. The summed E-state index contributed by atoms with van der Waals surface area (Å²) in [5.74, 6) is -0.588. The first-order valence-electron chi connectivity index (χ1n) is 8.78. The number of benzene rings is 3. The monoisotopic (exact) mass is 346 g/mol. The number of hydrogen-bond acceptors (Lipinski definition) is 2. The summed E-state index contributed by atoms with van der Waals surface area (Å²) >= 11 is 0. The Morgan fingerprint density at radius 1 is 0.577 bits per heavy atom. The van der Waals surface area contributed by atoms with Crippen LogP contribution in [-0.2, 0) is 25.7 Å². The van der Waals surface area contributed by atoms with E-state index in [1.807, 2.05) is 24.3 Å². The topological polar surface area (TPSA) is 57.5 Å². The van der Waals surface area contributed by atoms with E-state index >= 15 is 0 Å². The van der Waals surface area contributed by atoms with Gasteiger partial charge in [0.05, 0.1) is 5.56 Å². The summed E-state index contributed by atoms with van der Waals surface area (Å²) in [6, 6.07) is 23.1. The lowest BCUT2D eigenvalue weighted by atomic mass is 10.00. The van der Waals surface area contributed by atoms with Crippen LogP contribution in [0.3, 0.4) is 0 Å². The second-order valence-corrected chi connectivity index (χ2v) is 6.49. The molecule has 0 bridgehead atoms. The summed E-state index contributed by atoms with van der Waals surface area (Å²) in [5.41, 5.74) is 5.27. The normalized spacial score (nSPS) is 10.6. The van der Waals surface area contributed by atoms with E-state index < -0.39 is 5.97 Å². The molecule has 0 unspecified atom stereocenters. The van der Waals surface area contributed by atoms with Gasteiger partial charge in [-0.05, 0) is 72.2 Å². The predicted molar refractivity (Wildman–Crippen MR) is 103 cm³/mol. The molecule has 132 valence electrons. The fourth-order valence-corrected chi connectivity index (χ4v) is 2.93. The van der Waals surface area contributed by atoms with Crippen molar-refractivity contribution in [3.8, 4) is 5.75 Å². The third kappa shape index (κ3) is 4.96. The number of carboxylic acid groups (broad SMARTS) is 1. The van der Waals surface area contributed by atoms with E-state index in [-0.39, 0.29) is 0 Å². The minimum atomic E-state index is -0.889. The number of phenols is 1. The van der Waals surface area contributed by atoms with Gasteiger partial charge in [0.1, 0.15) is 5.75 Å². The molecule has 0 fully saturated rings. The van der Waals surface area contributed by atoms with Crippen LogP contribution in [0.4, 0.5) is 0 Å². The van der Waals surface area contributed by atoms with Gasteiger partial charge in [-0.1, -0.05) is 48.5 Å². The zero-order valence-electron chi connectivity index (χ0n) is 14.6.